The normalized spacial score (nSPS) is 14.5. The van der Waals surface area contributed by atoms with Crippen molar-refractivity contribution in [3.63, 3.8) is 0 Å². The molecule has 0 aliphatic carbocycles. The number of amides is 1. The SMILES string of the molecule is C=C(NNC(=O)c1cccc(S(=O)(=O)N2CCCC2)c1)c1cccc(OC)c1. The summed E-state index contributed by atoms with van der Waals surface area (Å²) in [6.07, 6.45) is 1.71. The molecule has 7 nitrogen and oxygen atoms in total. The molecule has 2 aromatic rings. The molecule has 0 spiro atoms. The molecule has 28 heavy (non-hydrogen) atoms. The Morgan fingerprint density at radius 3 is 2.43 bits per heavy atom. The maximum Gasteiger partial charge on any atom is 0.269 e. The first kappa shape index (κ1) is 19.9. The largest absolute Gasteiger partial charge is 0.497 e. The Morgan fingerprint density at radius 2 is 1.71 bits per heavy atom. The molecule has 1 aliphatic heterocycles. The van der Waals surface area contributed by atoms with Crippen LogP contribution < -0.4 is 15.6 Å². The summed E-state index contributed by atoms with van der Waals surface area (Å²) in [7, 11) is -2.01. The molecule has 2 N–H and O–H groups in total. The highest BCUT2D eigenvalue weighted by molar-refractivity contribution is 7.89. The van der Waals surface area contributed by atoms with E-state index in [9.17, 15) is 13.2 Å². The van der Waals surface area contributed by atoms with Crippen molar-refractivity contribution in [2.24, 2.45) is 0 Å². The van der Waals surface area contributed by atoms with Gasteiger partial charge in [-0.1, -0.05) is 24.8 Å². The molecule has 8 heteroatoms. The quantitative estimate of drug-likeness (QED) is 0.696. The highest BCUT2D eigenvalue weighted by atomic mass is 32.2. The summed E-state index contributed by atoms with van der Waals surface area (Å²) in [5, 5.41) is 0. The average Bonchev–Trinajstić information content (AvgIpc) is 3.27. The third kappa shape index (κ3) is 4.35. The van der Waals surface area contributed by atoms with Gasteiger partial charge in [-0.25, -0.2) is 8.42 Å². The van der Waals surface area contributed by atoms with E-state index in [0.29, 0.717) is 24.5 Å². The lowest BCUT2D eigenvalue weighted by Crippen LogP contribution is -2.36. The molecule has 1 heterocycles. The zero-order chi connectivity index (χ0) is 20.1. The number of nitrogens with zero attached hydrogens (tertiary/aromatic N) is 1. The van der Waals surface area contributed by atoms with E-state index in [-0.39, 0.29) is 10.5 Å². The van der Waals surface area contributed by atoms with Crippen molar-refractivity contribution in [3.8, 4) is 5.75 Å². The minimum atomic E-state index is -3.58. The lowest BCUT2D eigenvalue weighted by atomic mass is 10.2. The number of rotatable bonds is 7. The number of methoxy groups -OCH3 is 1. The topological polar surface area (TPSA) is 87.7 Å². The van der Waals surface area contributed by atoms with Gasteiger partial charge in [-0.2, -0.15) is 4.31 Å². The first-order valence-corrected chi connectivity index (χ1v) is 10.4. The van der Waals surface area contributed by atoms with Crippen LogP contribution in [0, 0.1) is 0 Å². The van der Waals surface area contributed by atoms with Crippen LogP contribution in [0.1, 0.15) is 28.8 Å². The molecule has 2 aromatic carbocycles. The Hall–Kier alpha value is -2.84. The number of sulfonamides is 1. The molecule has 3 rings (SSSR count). The Balaban J connectivity index is 1.68. The molecule has 1 aliphatic rings. The number of hydrazine groups is 1. The van der Waals surface area contributed by atoms with Gasteiger partial charge in [0.1, 0.15) is 5.75 Å². The van der Waals surface area contributed by atoms with E-state index in [1.807, 2.05) is 18.2 Å². The van der Waals surface area contributed by atoms with Gasteiger partial charge in [0.25, 0.3) is 5.91 Å². The van der Waals surface area contributed by atoms with Crippen molar-refractivity contribution in [2.75, 3.05) is 20.2 Å². The maximum atomic E-state index is 12.7. The van der Waals surface area contributed by atoms with Gasteiger partial charge < -0.3 is 4.74 Å². The van der Waals surface area contributed by atoms with Gasteiger partial charge in [0.15, 0.2) is 0 Å². The maximum absolute atomic E-state index is 12.7. The highest BCUT2D eigenvalue weighted by Crippen LogP contribution is 2.21. The first-order valence-electron chi connectivity index (χ1n) is 8.92. The number of ether oxygens (including phenoxy) is 1. The van der Waals surface area contributed by atoms with Crippen molar-refractivity contribution >= 4 is 21.6 Å². The molecule has 0 aromatic heterocycles. The predicted octanol–water partition coefficient (Wildman–Crippen LogP) is 2.39. The van der Waals surface area contributed by atoms with E-state index in [0.717, 1.165) is 18.4 Å². The van der Waals surface area contributed by atoms with Crippen molar-refractivity contribution < 1.29 is 17.9 Å². The lowest BCUT2D eigenvalue weighted by molar-refractivity contribution is 0.0942. The second kappa shape index (κ2) is 8.45. The van der Waals surface area contributed by atoms with E-state index >= 15 is 0 Å². The first-order chi connectivity index (χ1) is 13.4. The minimum Gasteiger partial charge on any atom is -0.497 e. The van der Waals surface area contributed by atoms with E-state index in [1.165, 1.54) is 16.4 Å². The Bertz CT molecular complexity index is 982. The van der Waals surface area contributed by atoms with Gasteiger partial charge in [-0.15, -0.1) is 0 Å². The number of benzene rings is 2. The van der Waals surface area contributed by atoms with Gasteiger partial charge in [0.05, 0.1) is 17.7 Å². The van der Waals surface area contributed by atoms with Crippen LogP contribution in [0.15, 0.2) is 60.0 Å². The van der Waals surface area contributed by atoms with Crippen LogP contribution in [0.2, 0.25) is 0 Å². The summed E-state index contributed by atoms with van der Waals surface area (Å²) in [5.74, 6) is 0.217. The summed E-state index contributed by atoms with van der Waals surface area (Å²) in [6, 6.07) is 13.3. The van der Waals surface area contributed by atoms with E-state index in [2.05, 4.69) is 17.4 Å². The van der Waals surface area contributed by atoms with Crippen molar-refractivity contribution in [2.45, 2.75) is 17.7 Å². The Kier molecular flexibility index (Phi) is 6.01. The third-order valence-corrected chi connectivity index (χ3v) is 6.44. The minimum absolute atomic E-state index is 0.119. The standard InChI is InChI=1S/C20H23N3O4S/c1-15(16-7-5-9-18(13-16)27-2)21-22-20(24)17-8-6-10-19(14-17)28(25,26)23-11-3-4-12-23/h5-10,13-14,21H,1,3-4,11-12H2,2H3,(H,22,24). The fourth-order valence-corrected chi connectivity index (χ4v) is 4.53. The lowest BCUT2D eigenvalue weighted by Gasteiger charge is -2.16. The molecule has 0 atom stereocenters. The van der Waals surface area contributed by atoms with Crippen LogP contribution in [0.5, 0.6) is 5.75 Å². The van der Waals surface area contributed by atoms with Crippen LogP contribution in [-0.4, -0.2) is 38.8 Å². The van der Waals surface area contributed by atoms with E-state index < -0.39 is 15.9 Å². The fraction of sp³-hybridized carbons (Fsp3) is 0.250. The summed E-state index contributed by atoms with van der Waals surface area (Å²) in [5.41, 5.74) is 6.77. The number of hydrogen-bond donors (Lipinski definition) is 2. The highest BCUT2D eigenvalue weighted by Gasteiger charge is 2.27. The molecule has 148 valence electrons. The molecule has 0 saturated carbocycles. The number of carbonyl (C=O) groups excluding carboxylic acids is 1. The van der Waals surface area contributed by atoms with Gasteiger partial charge in [0.2, 0.25) is 10.0 Å². The molecule has 0 radical (unpaired) electrons. The third-order valence-electron chi connectivity index (χ3n) is 4.54. The molecule has 0 bridgehead atoms. The van der Waals surface area contributed by atoms with Gasteiger partial charge in [0, 0.05) is 24.2 Å². The zero-order valence-electron chi connectivity index (χ0n) is 15.6. The van der Waals surface area contributed by atoms with Crippen LogP contribution in [0.4, 0.5) is 0 Å². The van der Waals surface area contributed by atoms with Crippen molar-refractivity contribution in [1.82, 2.24) is 15.2 Å². The van der Waals surface area contributed by atoms with E-state index in [4.69, 9.17) is 4.74 Å². The second-order valence-electron chi connectivity index (χ2n) is 6.43. The molecule has 1 saturated heterocycles. The molecule has 1 amide bonds. The second-order valence-corrected chi connectivity index (χ2v) is 8.37. The average molecular weight is 401 g/mol. The van der Waals surface area contributed by atoms with Gasteiger partial charge in [-0.05, 0) is 43.2 Å². The Labute approximate surface area is 165 Å². The number of hydrogen-bond acceptors (Lipinski definition) is 5. The molecular formula is C20H23N3O4S. The zero-order valence-corrected chi connectivity index (χ0v) is 16.5. The Morgan fingerprint density at radius 1 is 1.04 bits per heavy atom. The van der Waals surface area contributed by atoms with Crippen LogP contribution in [-0.2, 0) is 10.0 Å². The predicted molar refractivity (Wildman–Crippen MR) is 107 cm³/mol. The monoisotopic (exact) mass is 401 g/mol. The van der Waals surface area contributed by atoms with Crippen molar-refractivity contribution in [3.05, 3.63) is 66.2 Å². The molecular weight excluding hydrogens is 378 g/mol. The number of nitrogens with one attached hydrogen (secondary N) is 2. The summed E-state index contributed by atoms with van der Waals surface area (Å²) < 4.78 is 32.0. The van der Waals surface area contributed by atoms with Crippen molar-refractivity contribution in [1.29, 1.82) is 0 Å². The van der Waals surface area contributed by atoms with Crippen LogP contribution in [0.25, 0.3) is 5.70 Å². The summed E-state index contributed by atoms with van der Waals surface area (Å²) >= 11 is 0. The van der Waals surface area contributed by atoms with Gasteiger partial charge >= 0.3 is 0 Å². The number of carbonyl (C=O) groups is 1. The van der Waals surface area contributed by atoms with Crippen LogP contribution >= 0.6 is 0 Å². The smallest absolute Gasteiger partial charge is 0.269 e. The fourth-order valence-electron chi connectivity index (χ4n) is 2.96. The molecule has 1 fully saturated rings. The summed E-state index contributed by atoms with van der Waals surface area (Å²) in [6.45, 7) is 4.92. The van der Waals surface area contributed by atoms with Crippen LogP contribution in [0.3, 0.4) is 0 Å². The van der Waals surface area contributed by atoms with E-state index in [1.54, 1.807) is 25.3 Å². The summed E-state index contributed by atoms with van der Waals surface area (Å²) in [4.78, 5) is 12.6. The molecule has 0 unspecified atom stereocenters. The van der Waals surface area contributed by atoms with Gasteiger partial charge in [-0.3, -0.25) is 15.6 Å².